The number of carboxylic acid groups (broad SMARTS) is 1. The molecule has 0 aromatic rings. The van der Waals surface area contributed by atoms with Crippen LogP contribution in [0.2, 0.25) is 0 Å². The van der Waals surface area contributed by atoms with Crippen molar-refractivity contribution in [1.29, 1.82) is 0 Å². The van der Waals surface area contributed by atoms with Crippen LogP contribution in [0.4, 0.5) is 0 Å². The number of rotatable bonds is 19. The molecule has 0 aliphatic rings. The van der Waals surface area contributed by atoms with Gasteiger partial charge in [0, 0.05) is 6.42 Å². The Labute approximate surface area is 176 Å². The zero-order valence-electron chi connectivity index (χ0n) is 19.7. The van der Waals surface area contributed by atoms with E-state index in [0.29, 0.717) is 0 Å². The van der Waals surface area contributed by atoms with Gasteiger partial charge < -0.3 is 5.11 Å². The van der Waals surface area contributed by atoms with E-state index in [2.05, 4.69) is 46.8 Å². The van der Waals surface area contributed by atoms with E-state index in [1.54, 1.807) is 0 Å². The molecule has 0 radical (unpaired) electrons. The van der Waals surface area contributed by atoms with Gasteiger partial charge in [0.25, 0.3) is 0 Å². The third-order valence-corrected chi connectivity index (χ3v) is 6.02. The molecule has 2 nitrogen and oxygen atoms in total. The zero-order chi connectivity index (χ0) is 21.2. The van der Waals surface area contributed by atoms with Crippen LogP contribution in [0.3, 0.4) is 0 Å². The second kappa shape index (κ2) is 18.3. The van der Waals surface area contributed by atoms with Gasteiger partial charge in [-0.25, -0.2) is 0 Å². The van der Waals surface area contributed by atoms with Gasteiger partial charge in [0.2, 0.25) is 0 Å². The second-order valence-corrected chi connectivity index (χ2v) is 9.84. The Morgan fingerprint density at radius 2 is 1.07 bits per heavy atom. The Hall–Kier alpha value is -0.790. The van der Waals surface area contributed by atoms with Gasteiger partial charge in [0.15, 0.2) is 0 Å². The molecule has 3 atom stereocenters. The fraction of sp³-hybridized carbons (Fsp3) is 0.885. The fourth-order valence-electron chi connectivity index (χ4n) is 3.92. The van der Waals surface area contributed by atoms with Crippen LogP contribution in [0.25, 0.3) is 0 Å². The molecule has 0 aliphatic carbocycles. The summed E-state index contributed by atoms with van der Waals surface area (Å²) in [6.07, 6.45) is 21.3. The number of carbonyl (C=O) groups is 1. The summed E-state index contributed by atoms with van der Waals surface area (Å²) in [5, 5.41) is 8.61. The topological polar surface area (TPSA) is 37.3 Å². The lowest BCUT2D eigenvalue weighted by Crippen LogP contribution is -2.01. The van der Waals surface area contributed by atoms with Crippen LogP contribution in [-0.4, -0.2) is 11.1 Å². The van der Waals surface area contributed by atoms with Crippen LogP contribution < -0.4 is 0 Å². The molecular formula is C26H50O2. The molecule has 0 amide bonds. The normalized spacial score (nSPS) is 15.2. The van der Waals surface area contributed by atoms with E-state index in [1.165, 1.54) is 64.2 Å². The Morgan fingerprint density at radius 1 is 0.643 bits per heavy atom. The summed E-state index contributed by atoms with van der Waals surface area (Å²) < 4.78 is 0. The van der Waals surface area contributed by atoms with E-state index in [1.807, 2.05) is 0 Å². The molecule has 3 unspecified atom stereocenters. The molecule has 2 heteroatoms. The van der Waals surface area contributed by atoms with E-state index in [-0.39, 0.29) is 6.42 Å². The first kappa shape index (κ1) is 27.2. The summed E-state index contributed by atoms with van der Waals surface area (Å²) >= 11 is 0. The van der Waals surface area contributed by atoms with Crippen molar-refractivity contribution in [3.8, 4) is 0 Å². The molecule has 0 bridgehead atoms. The SMILES string of the molecule is CC(C)CCCC(C)CCCC(C)CCCC(C)CC/C=C\CCCC(=O)O. The van der Waals surface area contributed by atoms with Crippen molar-refractivity contribution in [2.24, 2.45) is 23.7 Å². The lowest BCUT2D eigenvalue weighted by atomic mass is 9.90. The first-order valence-electron chi connectivity index (χ1n) is 12.2. The molecule has 0 saturated carbocycles. The number of allylic oxidation sites excluding steroid dienone is 2. The Balaban J connectivity index is 3.55. The molecule has 166 valence electrons. The molecule has 0 aromatic carbocycles. The van der Waals surface area contributed by atoms with Crippen LogP contribution >= 0.6 is 0 Å². The smallest absolute Gasteiger partial charge is 0.303 e. The maximum absolute atomic E-state index is 10.4. The average molecular weight is 395 g/mol. The van der Waals surface area contributed by atoms with E-state index in [9.17, 15) is 4.79 Å². The summed E-state index contributed by atoms with van der Waals surface area (Å²) in [5.41, 5.74) is 0. The Kier molecular flexibility index (Phi) is 17.7. The Morgan fingerprint density at radius 3 is 1.54 bits per heavy atom. The highest BCUT2D eigenvalue weighted by Gasteiger charge is 2.08. The lowest BCUT2D eigenvalue weighted by Gasteiger charge is -2.16. The molecule has 1 N–H and O–H groups in total. The molecule has 28 heavy (non-hydrogen) atoms. The van der Waals surface area contributed by atoms with Crippen LogP contribution in [0.15, 0.2) is 12.2 Å². The van der Waals surface area contributed by atoms with E-state index < -0.39 is 5.97 Å². The summed E-state index contributed by atoms with van der Waals surface area (Å²) in [6, 6.07) is 0. The van der Waals surface area contributed by atoms with Gasteiger partial charge in [-0.3, -0.25) is 4.79 Å². The Bertz CT molecular complexity index is 386. The van der Waals surface area contributed by atoms with Crippen molar-refractivity contribution < 1.29 is 9.90 Å². The predicted octanol–water partition coefficient (Wildman–Crippen LogP) is 8.65. The van der Waals surface area contributed by atoms with Gasteiger partial charge >= 0.3 is 5.97 Å². The summed E-state index contributed by atoms with van der Waals surface area (Å²) in [5.74, 6) is 2.76. The second-order valence-electron chi connectivity index (χ2n) is 9.84. The average Bonchev–Trinajstić information content (AvgIpc) is 2.60. The number of carboxylic acids is 1. The molecule has 0 fully saturated rings. The van der Waals surface area contributed by atoms with Crippen LogP contribution in [-0.2, 0) is 4.79 Å². The quantitative estimate of drug-likeness (QED) is 0.176. The van der Waals surface area contributed by atoms with Crippen molar-refractivity contribution in [2.75, 3.05) is 0 Å². The molecule has 0 saturated heterocycles. The fourth-order valence-corrected chi connectivity index (χ4v) is 3.92. The molecular weight excluding hydrogens is 344 g/mol. The predicted molar refractivity (Wildman–Crippen MR) is 124 cm³/mol. The van der Waals surface area contributed by atoms with Gasteiger partial charge in [-0.1, -0.05) is 105 Å². The highest BCUT2D eigenvalue weighted by Crippen LogP contribution is 2.23. The van der Waals surface area contributed by atoms with Crippen molar-refractivity contribution in [3.05, 3.63) is 12.2 Å². The maximum atomic E-state index is 10.4. The van der Waals surface area contributed by atoms with Crippen LogP contribution in [0.5, 0.6) is 0 Å². The summed E-state index contributed by atoms with van der Waals surface area (Å²) in [4.78, 5) is 10.4. The number of aliphatic carboxylic acids is 1. The standard InChI is InChI=1S/C26H50O2/c1-22(2)14-11-16-24(4)18-13-20-25(5)19-12-17-23(3)15-9-7-6-8-10-21-26(27)28/h6-7,22-25H,8-21H2,1-5H3,(H,27,28)/b7-6-. The number of unbranched alkanes of at least 4 members (excludes halogenated alkanes) is 1. The number of hydrogen-bond donors (Lipinski definition) is 1. The third-order valence-electron chi connectivity index (χ3n) is 6.02. The maximum Gasteiger partial charge on any atom is 0.303 e. The van der Waals surface area contributed by atoms with Crippen LogP contribution in [0, 0.1) is 23.7 Å². The lowest BCUT2D eigenvalue weighted by molar-refractivity contribution is -0.137. The minimum atomic E-state index is -0.688. The van der Waals surface area contributed by atoms with Gasteiger partial charge in [0.1, 0.15) is 0 Å². The molecule has 0 spiro atoms. The minimum Gasteiger partial charge on any atom is -0.481 e. The first-order chi connectivity index (χ1) is 13.3. The first-order valence-corrected chi connectivity index (χ1v) is 12.2. The van der Waals surface area contributed by atoms with E-state index >= 15 is 0 Å². The van der Waals surface area contributed by atoms with Crippen molar-refractivity contribution in [2.45, 2.75) is 125 Å². The van der Waals surface area contributed by atoms with Crippen molar-refractivity contribution >= 4 is 5.97 Å². The highest BCUT2D eigenvalue weighted by atomic mass is 16.4. The van der Waals surface area contributed by atoms with E-state index in [4.69, 9.17) is 5.11 Å². The largest absolute Gasteiger partial charge is 0.481 e. The van der Waals surface area contributed by atoms with E-state index in [0.717, 1.165) is 42.9 Å². The van der Waals surface area contributed by atoms with Gasteiger partial charge in [-0.2, -0.15) is 0 Å². The molecule has 0 heterocycles. The van der Waals surface area contributed by atoms with Crippen molar-refractivity contribution in [1.82, 2.24) is 0 Å². The summed E-state index contributed by atoms with van der Waals surface area (Å²) in [7, 11) is 0. The zero-order valence-corrected chi connectivity index (χ0v) is 19.7. The molecule has 0 rings (SSSR count). The van der Waals surface area contributed by atoms with Crippen molar-refractivity contribution in [3.63, 3.8) is 0 Å². The van der Waals surface area contributed by atoms with Gasteiger partial charge in [-0.05, 0) is 49.4 Å². The third kappa shape index (κ3) is 20.0. The highest BCUT2D eigenvalue weighted by molar-refractivity contribution is 5.66. The van der Waals surface area contributed by atoms with Gasteiger partial charge in [-0.15, -0.1) is 0 Å². The monoisotopic (exact) mass is 394 g/mol. The van der Waals surface area contributed by atoms with Gasteiger partial charge in [0.05, 0.1) is 0 Å². The minimum absolute atomic E-state index is 0.288. The van der Waals surface area contributed by atoms with Crippen LogP contribution in [0.1, 0.15) is 125 Å². The molecule has 0 aliphatic heterocycles. The summed E-state index contributed by atoms with van der Waals surface area (Å²) in [6.45, 7) is 11.9. The number of hydrogen-bond acceptors (Lipinski definition) is 1. The molecule has 0 aromatic heterocycles.